The number of hydrogen-bond acceptors (Lipinski definition) is 5. The second-order valence-corrected chi connectivity index (χ2v) is 7.98. The number of carbonyl (C=O) groups excluding carboxylic acids is 1. The normalized spacial score (nSPS) is 13.9. The Hall–Kier alpha value is -1.71. The summed E-state index contributed by atoms with van der Waals surface area (Å²) < 4.78 is 70.4. The van der Waals surface area contributed by atoms with Gasteiger partial charge in [0, 0.05) is 18.5 Å². The number of esters is 1. The Morgan fingerprint density at radius 3 is 2.10 bits per heavy atom. The SMILES string of the molecule is CCC(C)(CCOC(C)(C)CCC(=O)Oc1c(C)c(F)c(F)c(F)c1F)OCCN. The molecule has 0 aliphatic rings. The Labute approximate surface area is 174 Å². The summed E-state index contributed by atoms with van der Waals surface area (Å²) in [6.45, 7) is 9.74. The first kappa shape index (κ1) is 26.3. The molecule has 0 radical (unpaired) electrons. The Balaban J connectivity index is 2.62. The number of nitrogens with two attached hydrogens (primary N) is 1. The molecule has 0 aromatic heterocycles. The summed E-state index contributed by atoms with van der Waals surface area (Å²) in [5.41, 5.74) is 3.76. The fourth-order valence-corrected chi connectivity index (χ4v) is 2.68. The first-order chi connectivity index (χ1) is 13.9. The highest BCUT2D eigenvalue weighted by molar-refractivity contribution is 5.73. The van der Waals surface area contributed by atoms with Crippen molar-refractivity contribution < 1.29 is 36.6 Å². The topological polar surface area (TPSA) is 70.8 Å². The molecule has 1 unspecified atom stereocenters. The fourth-order valence-electron chi connectivity index (χ4n) is 2.68. The molecule has 0 heterocycles. The smallest absolute Gasteiger partial charge is 0.311 e. The Morgan fingerprint density at radius 2 is 1.53 bits per heavy atom. The van der Waals surface area contributed by atoms with Gasteiger partial charge in [0.15, 0.2) is 17.4 Å². The molecule has 0 spiro atoms. The number of rotatable bonds is 12. The lowest BCUT2D eigenvalue weighted by Gasteiger charge is -2.31. The third-order valence-corrected chi connectivity index (χ3v) is 5.03. The molecule has 2 N–H and O–H groups in total. The van der Waals surface area contributed by atoms with Crippen molar-refractivity contribution in [1.82, 2.24) is 0 Å². The van der Waals surface area contributed by atoms with Gasteiger partial charge in [0.05, 0.1) is 24.4 Å². The van der Waals surface area contributed by atoms with Gasteiger partial charge in [-0.2, -0.15) is 4.39 Å². The molecular formula is C21H31F4NO4. The van der Waals surface area contributed by atoms with Gasteiger partial charge in [-0.3, -0.25) is 4.79 Å². The molecular weight excluding hydrogens is 406 g/mol. The van der Waals surface area contributed by atoms with E-state index in [4.69, 9.17) is 19.9 Å². The predicted octanol–water partition coefficient (Wildman–Crippen LogP) is 4.57. The summed E-state index contributed by atoms with van der Waals surface area (Å²) in [4.78, 5) is 12.1. The van der Waals surface area contributed by atoms with E-state index in [2.05, 4.69) is 0 Å². The van der Waals surface area contributed by atoms with Crippen molar-refractivity contribution in [2.75, 3.05) is 19.8 Å². The van der Waals surface area contributed by atoms with Crippen LogP contribution in [0.5, 0.6) is 5.75 Å². The standard InChI is InChI=1S/C21H31F4NO4/c1-6-21(5,29-12-10-26)9-11-28-20(3,4)8-7-14(27)30-19-13(2)15(22)16(23)17(24)18(19)25/h6-12,26H2,1-5H3. The van der Waals surface area contributed by atoms with Gasteiger partial charge >= 0.3 is 5.97 Å². The minimum absolute atomic E-state index is 0.193. The van der Waals surface area contributed by atoms with E-state index < -0.39 is 46.2 Å². The first-order valence-corrected chi connectivity index (χ1v) is 9.88. The van der Waals surface area contributed by atoms with Crippen LogP contribution in [0.3, 0.4) is 0 Å². The van der Waals surface area contributed by atoms with E-state index in [-0.39, 0.29) is 18.4 Å². The first-order valence-electron chi connectivity index (χ1n) is 9.88. The van der Waals surface area contributed by atoms with Crippen LogP contribution in [0.1, 0.15) is 58.9 Å². The maximum Gasteiger partial charge on any atom is 0.311 e. The van der Waals surface area contributed by atoms with Crippen LogP contribution >= 0.6 is 0 Å². The van der Waals surface area contributed by atoms with Crippen LogP contribution in [0.2, 0.25) is 0 Å². The summed E-state index contributed by atoms with van der Waals surface area (Å²) in [6, 6.07) is 0. The van der Waals surface area contributed by atoms with Crippen molar-refractivity contribution in [1.29, 1.82) is 0 Å². The molecule has 9 heteroatoms. The van der Waals surface area contributed by atoms with Gasteiger partial charge < -0.3 is 19.9 Å². The van der Waals surface area contributed by atoms with E-state index in [1.54, 1.807) is 13.8 Å². The highest BCUT2D eigenvalue weighted by Crippen LogP contribution is 2.30. The van der Waals surface area contributed by atoms with E-state index in [0.717, 1.165) is 13.3 Å². The van der Waals surface area contributed by atoms with E-state index in [1.807, 2.05) is 13.8 Å². The van der Waals surface area contributed by atoms with E-state index in [9.17, 15) is 22.4 Å². The highest BCUT2D eigenvalue weighted by Gasteiger charge is 2.28. The molecule has 1 aromatic rings. The number of carbonyl (C=O) groups is 1. The summed E-state index contributed by atoms with van der Waals surface area (Å²) in [5.74, 6) is -9.19. The third-order valence-electron chi connectivity index (χ3n) is 5.03. The molecule has 30 heavy (non-hydrogen) atoms. The number of benzene rings is 1. The lowest BCUT2D eigenvalue weighted by molar-refractivity contribution is -0.137. The highest BCUT2D eigenvalue weighted by atomic mass is 19.2. The van der Waals surface area contributed by atoms with Crippen LogP contribution in [0.25, 0.3) is 0 Å². The Morgan fingerprint density at radius 1 is 0.933 bits per heavy atom. The quantitative estimate of drug-likeness (QED) is 0.171. The molecule has 0 saturated heterocycles. The molecule has 0 aliphatic carbocycles. The Kier molecular flexibility index (Phi) is 9.71. The van der Waals surface area contributed by atoms with Crippen LogP contribution in [0.4, 0.5) is 17.6 Å². The second kappa shape index (κ2) is 11.1. The molecule has 5 nitrogen and oxygen atoms in total. The van der Waals surface area contributed by atoms with Gasteiger partial charge in [-0.05, 0) is 47.0 Å². The number of ether oxygens (including phenoxy) is 3. The van der Waals surface area contributed by atoms with Gasteiger partial charge in [-0.15, -0.1) is 0 Å². The van der Waals surface area contributed by atoms with Crippen LogP contribution in [0.15, 0.2) is 0 Å². The average Bonchev–Trinajstić information content (AvgIpc) is 2.71. The van der Waals surface area contributed by atoms with Gasteiger partial charge in [-0.25, -0.2) is 13.2 Å². The van der Waals surface area contributed by atoms with E-state index in [1.165, 1.54) is 0 Å². The molecule has 1 atom stereocenters. The summed E-state index contributed by atoms with van der Waals surface area (Å²) in [5, 5.41) is 0. The predicted molar refractivity (Wildman–Crippen MR) is 104 cm³/mol. The molecule has 0 bridgehead atoms. The summed E-state index contributed by atoms with van der Waals surface area (Å²) in [7, 11) is 0. The van der Waals surface area contributed by atoms with Gasteiger partial charge in [0.1, 0.15) is 0 Å². The average molecular weight is 437 g/mol. The van der Waals surface area contributed by atoms with Gasteiger partial charge in [-0.1, -0.05) is 6.92 Å². The van der Waals surface area contributed by atoms with Crippen molar-refractivity contribution in [3.63, 3.8) is 0 Å². The fraction of sp³-hybridized carbons (Fsp3) is 0.667. The maximum atomic E-state index is 13.8. The zero-order valence-electron chi connectivity index (χ0n) is 18.2. The summed E-state index contributed by atoms with van der Waals surface area (Å²) >= 11 is 0. The minimum atomic E-state index is -2.03. The molecule has 0 saturated carbocycles. The molecule has 172 valence electrons. The lowest BCUT2D eigenvalue weighted by atomic mass is 9.98. The van der Waals surface area contributed by atoms with Crippen LogP contribution < -0.4 is 10.5 Å². The van der Waals surface area contributed by atoms with E-state index >= 15 is 0 Å². The monoisotopic (exact) mass is 437 g/mol. The van der Waals surface area contributed by atoms with Crippen LogP contribution in [0, 0.1) is 30.2 Å². The summed E-state index contributed by atoms with van der Waals surface area (Å²) in [6.07, 6.45) is 1.42. The van der Waals surface area contributed by atoms with Crippen LogP contribution in [-0.4, -0.2) is 36.9 Å². The molecule has 0 amide bonds. The zero-order chi connectivity index (χ0) is 23.1. The lowest BCUT2D eigenvalue weighted by Crippen LogP contribution is -2.34. The number of halogens is 4. The molecule has 0 aliphatic heterocycles. The van der Waals surface area contributed by atoms with E-state index in [0.29, 0.717) is 26.2 Å². The number of hydrogen-bond donors (Lipinski definition) is 1. The molecule has 1 rings (SSSR count). The van der Waals surface area contributed by atoms with Crippen molar-refractivity contribution >= 4 is 5.97 Å². The molecule has 0 fully saturated rings. The second-order valence-electron chi connectivity index (χ2n) is 7.98. The van der Waals surface area contributed by atoms with Crippen molar-refractivity contribution in [2.24, 2.45) is 5.73 Å². The van der Waals surface area contributed by atoms with Crippen molar-refractivity contribution in [2.45, 2.75) is 71.5 Å². The van der Waals surface area contributed by atoms with Gasteiger partial charge in [0.2, 0.25) is 11.6 Å². The largest absolute Gasteiger partial charge is 0.423 e. The third kappa shape index (κ3) is 7.21. The van der Waals surface area contributed by atoms with Crippen molar-refractivity contribution in [3.05, 3.63) is 28.8 Å². The van der Waals surface area contributed by atoms with Crippen LogP contribution in [-0.2, 0) is 14.3 Å². The maximum absolute atomic E-state index is 13.8. The Bertz CT molecular complexity index is 713. The molecule has 1 aromatic carbocycles. The minimum Gasteiger partial charge on any atom is -0.423 e. The van der Waals surface area contributed by atoms with Gasteiger partial charge in [0.25, 0.3) is 0 Å². The zero-order valence-corrected chi connectivity index (χ0v) is 18.2. The van der Waals surface area contributed by atoms with Crippen molar-refractivity contribution in [3.8, 4) is 5.75 Å².